The number of piperidine rings is 1. The van der Waals surface area contributed by atoms with Crippen LogP contribution in [0.2, 0.25) is 0 Å². The topological polar surface area (TPSA) is 77.1 Å². The van der Waals surface area contributed by atoms with Crippen LogP contribution in [0, 0.1) is 18.6 Å². The van der Waals surface area contributed by atoms with Gasteiger partial charge in [-0.25, -0.2) is 9.37 Å². The number of fused-ring (bicyclic) bond motifs is 1. The molecule has 4 aromatic rings. The molecule has 5 rings (SSSR count). The molecule has 1 aliphatic heterocycles. The highest BCUT2D eigenvalue weighted by Crippen LogP contribution is 2.38. The smallest absolute Gasteiger partial charge is 0.203 e. The van der Waals surface area contributed by atoms with Crippen molar-refractivity contribution in [3.8, 4) is 5.69 Å². The van der Waals surface area contributed by atoms with Crippen molar-refractivity contribution in [1.82, 2.24) is 20.0 Å². The van der Waals surface area contributed by atoms with E-state index in [1.165, 1.54) is 10.9 Å². The summed E-state index contributed by atoms with van der Waals surface area (Å²) in [6.45, 7) is 4.58. The monoisotopic (exact) mass is 437 g/mol. The number of rotatable bonds is 4. The van der Waals surface area contributed by atoms with Gasteiger partial charge in [0.15, 0.2) is 17.7 Å². The second-order valence-electron chi connectivity index (χ2n) is 8.20. The molecule has 0 radical (unpaired) electrons. The lowest BCUT2D eigenvalue weighted by Crippen LogP contribution is -2.42. The molecule has 164 valence electrons. The number of aldehydes is 1. The Bertz CT molecular complexity index is 1300. The van der Waals surface area contributed by atoms with Crippen molar-refractivity contribution in [2.45, 2.75) is 38.6 Å². The summed E-state index contributed by atoms with van der Waals surface area (Å²) in [6.07, 6.45) is 5.55. The molecule has 9 heteroatoms. The summed E-state index contributed by atoms with van der Waals surface area (Å²) in [5, 5.41) is 8.48. The average molecular weight is 437 g/mol. The number of hydrogen-bond acceptors (Lipinski definition) is 6. The van der Waals surface area contributed by atoms with Gasteiger partial charge in [-0.2, -0.15) is 14.6 Å². The Morgan fingerprint density at radius 2 is 1.94 bits per heavy atom. The van der Waals surface area contributed by atoms with Crippen LogP contribution >= 0.6 is 0 Å². The van der Waals surface area contributed by atoms with E-state index in [9.17, 15) is 13.6 Å². The van der Waals surface area contributed by atoms with Crippen LogP contribution in [0.15, 0.2) is 41.1 Å². The Morgan fingerprint density at radius 3 is 2.69 bits per heavy atom. The fourth-order valence-corrected chi connectivity index (χ4v) is 4.42. The van der Waals surface area contributed by atoms with Gasteiger partial charge in [0.1, 0.15) is 11.2 Å². The predicted molar refractivity (Wildman–Crippen MR) is 114 cm³/mol. The van der Waals surface area contributed by atoms with Gasteiger partial charge < -0.3 is 9.32 Å². The molecule has 1 saturated heterocycles. The van der Waals surface area contributed by atoms with Gasteiger partial charge in [-0.1, -0.05) is 0 Å². The van der Waals surface area contributed by atoms with Crippen molar-refractivity contribution in [2.75, 3.05) is 11.4 Å². The van der Waals surface area contributed by atoms with Gasteiger partial charge in [0, 0.05) is 18.2 Å². The maximum atomic E-state index is 14.2. The van der Waals surface area contributed by atoms with Crippen molar-refractivity contribution in [2.24, 2.45) is 0 Å². The minimum absolute atomic E-state index is 0.125. The number of carbonyl (C=O) groups is 1. The zero-order valence-electron chi connectivity index (χ0n) is 17.6. The van der Waals surface area contributed by atoms with Crippen LogP contribution in [-0.2, 0) is 0 Å². The van der Waals surface area contributed by atoms with Crippen LogP contribution in [0.5, 0.6) is 0 Å². The maximum absolute atomic E-state index is 14.2. The van der Waals surface area contributed by atoms with Crippen molar-refractivity contribution >= 4 is 23.1 Å². The van der Waals surface area contributed by atoms with Crippen molar-refractivity contribution in [3.63, 3.8) is 0 Å². The molecule has 0 unspecified atom stereocenters. The predicted octanol–water partition coefficient (Wildman–Crippen LogP) is 4.58. The minimum atomic E-state index is -1.02. The molecule has 1 fully saturated rings. The van der Waals surface area contributed by atoms with Crippen molar-refractivity contribution in [1.29, 1.82) is 0 Å². The first-order valence-corrected chi connectivity index (χ1v) is 10.4. The van der Waals surface area contributed by atoms with Crippen LogP contribution in [0.4, 0.5) is 14.5 Å². The van der Waals surface area contributed by atoms with Crippen molar-refractivity contribution < 1.29 is 18.0 Å². The third kappa shape index (κ3) is 3.34. The molecule has 32 heavy (non-hydrogen) atoms. The van der Waals surface area contributed by atoms with E-state index < -0.39 is 11.6 Å². The summed E-state index contributed by atoms with van der Waals surface area (Å²) in [4.78, 5) is 19.9. The van der Waals surface area contributed by atoms with Gasteiger partial charge in [0.05, 0.1) is 24.0 Å². The molecule has 2 aromatic heterocycles. The number of carbonyl (C=O) groups excluding carboxylic acids is 1. The summed E-state index contributed by atoms with van der Waals surface area (Å²) in [7, 11) is 0. The van der Waals surface area contributed by atoms with Gasteiger partial charge in [-0.15, -0.1) is 4.80 Å². The molecule has 0 saturated carbocycles. The molecule has 0 N–H and O–H groups in total. The fourth-order valence-electron chi connectivity index (χ4n) is 4.42. The van der Waals surface area contributed by atoms with Gasteiger partial charge in [0.2, 0.25) is 11.7 Å². The molecular formula is C23H21F2N5O2. The molecule has 2 aromatic carbocycles. The van der Waals surface area contributed by atoms with Gasteiger partial charge in [-0.3, -0.25) is 4.79 Å². The lowest BCUT2D eigenvalue weighted by atomic mass is 9.92. The molecular weight excluding hydrogens is 416 g/mol. The summed E-state index contributed by atoms with van der Waals surface area (Å²) < 4.78 is 33.4. The third-order valence-corrected chi connectivity index (χ3v) is 6.02. The standard InChI is InChI=1S/C23H21F2N5O2/c1-13-9-16(12-31)21(30-26-7-8-27-30)19(10-13)29-11-15(4-3-14(29)2)23-28-18-6-5-17(24)20(25)22(18)32-23/h5-10,12,14-15H,3-4,11H2,1-2H3/t14-,15-/m1/s1. The van der Waals surface area contributed by atoms with E-state index in [1.807, 2.05) is 13.0 Å². The third-order valence-electron chi connectivity index (χ3n) is 6.02. The minimum Gasteiger partial charge on any atom is -0.437 e. The fraction of sp³-hybridized carbons (Fsp3) is 0.304. The number of aryl methyl sites for hydroxylation is 1. The van der Waals surface area contributed by atoms with Gasteiger partial charge >= 0.3 is 0 Å². The summed E-state index contributed by atoms with van der Waals surface area (Å²) in [5.41, 5.74) is 2.99. The largest absolute Gasteiger partial charge is 0.437 e. The number of hydrogen-bond donors (Lipinski definition) is 0. The molecule has 0 amide bonds. The second-order valence-corrected chi connectivity index (χ2v) is 8.20. The summed E-state index contributed by atoms with van der Waals surface area (Å²) in [6, 6.07) is 6.45. The van der Waals surface area contributed by atoms with Gasteiger partial charge in [0.25, 0.3) is 0 Å². The molecule has 3 heterocycles. The van der Waals surface area contributed by atoms with E-state index in [0.717, 1.165) is 36.4 Å². The molecule has 0 aliphatic carbocycles. The van der Waals surface area contributed by atoms with Crippen molar-refractivity contribution in [3.05, 3.63) is 65.3 Å². The molecule has 0 spiro atoms. The van der Waals surface area contributed by atoms with Crippen LogP contribution in [0.1, 0.15) is 47.5 Å². The van der Waals surface area contributed by atoms with E-state index >= 15 is 0 Å². The highest BCUT2D eigenvalue weighted by atomic mass is 19.2. The highest BCUT2D eigenvalue weighted by Gasteiger charge is 2.32. The van der Waals surface area contributed by atoms with E-state index in [0.29, 0.717) is 29.2 Å². The Kier molecular flexibility index (Phi) is 4.96. The number of nitrogens with zero attached hydrogens (tertiary/aromatic N) is 5. The Balaban J connectivity index is 1.57. The van der Waals surface area contributed by atoms with Crippen LogP contribution < -0.4 is 4.90 Å². The Morgan fingerprint density at radius 1 is 1.16 bits per heavy atom. The molecule has 2 atom stereocenters. The number of anilines is 1. The van der Waals surface area contributed by atoms with Crippen LogP contribution in [0.25, 0.3) is 16.8 Å². The van der Waals surface area contributed by atoms with E-state index in [4.69, 9.17) is 4.42 Å². The van der Waals surface area contributed by atoms with E-state index in [2.05, 4.69) is 27.0 Å². The Hall–Kier alpha value is -3.62. The first kappa shape index (κ1) is 20.3. The zero-order chi connectivity index (χ0) is 22.4. The average Bonchev–Trinajstić information content (AvgIpc) is 3.46. The lowest BCUT2D eigenvalue weighted by molar-refractivity contribution is 0.112. The SMILES string of the molecule is Cc1cc(C=O)c(-n2nccn2)c(N2C[C@H](c3nc4ccc(F)c(F)c4o3)CC[C@H]2C)c1. The molecule has 7 nitrogen and oxygen atoms in total. The number of benzene rings is 2. The normalized spacial score (nSPS) is 18.9. The van der Waals surface area contributed by atoms with E-state index in [1.54, 1.807) is 18.5 Å². The first-order valence-electron chi connectivity index (χ1n) is 10.4. The Labute approximate surface area is 182 Å². The zero-order valence-corrected chi connectivity index (χ0v) is 17.6. The van der Waals surface area contributed by atoms with E-state index in [-0.39, 0.29) is 17.5 Å². The number of oxazole rings is 1. The maximum Gasteiger partial charge on any atom is 0.203 e. The number of halogens is 2. The van der Waals surface area contributed by atoms with Gasteiger partial charge in [-0.05, 0) is 56.5 Å². The summed E-state index contributed by atoms with van der Waals surface area (Å²) in [5.74, 6) is -1.73. The van der Waals surface area contributed by atoms with Crippen LogP contribution in [0.3, 0.4) is 0 Å². The molecule has 0 bridgehead atoms. The summed E-state index contributed by atoms with van der Waals surface area (Å²) >= 11 is 0. The van der Waals surface area contributed by atoms with Crippen LogP contribution in [-0.4, -0.2) is 38.9 Å². The first-order chi connectivity index (χ1) is 15.5. The highest BCUT2D eigenvalue weighted by molar-refractivity contribution is 5.87. The molecule has 1 aliphatic rings. The number of aromatic nitrogens is 4. The second kappa shape index (κ2) is 7.81. The quantitative estimate of drug-likeness (QED) is 0.435. The lowest BCUT2D eigenvalue weighted by Gasteiger charge is -2.39.